The summed E-state index contributed by atoms with van der Waals surface area (Å²) in [7, 11) is 0. The van der Waals surface area contributed by atoms with Gasteiger partial charge >= 0.3 is 0 Å². The predicted molar refractivity (Wildman–Crippen MR) is 110 cm³/mol. The van der Waals surface area contributed by atoms with Crippen LogP contribution in [0, 0.1) is 5.92 Å². The minimum absolute atomic E-state index is 0.0189. The number of nitrogens with zero attached hydrogens (tertiary/aromatic N) is 4. The maximum absolute atomic E-state index is 13.1. The van der Waals surface area contributed by atoms with Gasteiger partial charge in [-0.05, 0) is 31.4 Å². The number of carbonyl (C=O) groups is 2. The van der Waals surface area contributed by atoms with Crippen molar-refractivity contribution in [1.29, 1.82) is 0 Å². The molecule has 1 aromatic carbocycles. The summed E-state index contributed by atoms with van der Waals surface area (Å²) in [6, 6.07) is 15.0. The van der Waals surface area contributed by atoms with E-state index < -0.39 is 0 Å². The molecular weight excluding hydrogens is 364 g/mol. The molecule has 0 atom stereocenters. The fourth-order valence-electron chi connectivity index (χ4n) is 3.92. The number of pyridine rings is 1. The highest BCUT2D eigenvalue weighted by atomic mass is 16.2. The molecule has 0 spiro atoms. The zero-order chi connectivity index (χ0) is 20.2. The molecule has 6 heteroatoms. The number of piperidine rings is 1. The first-order chi connectivity index (χ1) is 14.2. The maximum Gasteiger partial charge on any atom is 0.257 e. The van der Waals surface area contributed by atoms with Crippen molar-refractivity contribution in [2.75, 3.05) is 13.1 Å². The van der Waals surface area contributed by atoms with Crippen molar-refractivity contribution in [1.82, 2.24) is 19.7 Å². The van der Waals surface area contributed by atoms with Crippen molar-refractivity contribution in [2.24, 2.45) is 5.92 Å². The van der Waals surface area contributed by atoms with Crippen LogP contribution in [0.3, 0.4) is 0 Å². The molecule has 1 aliphatic rings. The number of carbonyl (C=O) groups excluding carboxylic acids is 2. The number of hydrogen-bond acceptors (Lipinski definition) is 4. The van der Waals surface area contributed by atoms with E-state index in [9.17, 15) is 9.59 Å². The number of Topliss-reactive ketones (excluding diaryl/α,β-unsaturated/α-hetero) is 1. The molecule has 148 valence electrons. The van der Waals surface area contributed by atoms with Gasteiger partial charge in [-0.15, -0.1) is 0 Å². The number of benzene rings is 1. The summed E-state index contributed by atoms with van der Waals surface area (Å²) in [4.78, 5) is 32.0. The summed E-state index contributed by atoms with van der Waals surface area (Å²) >= 11 is 0. The van der Waals surface area contributed by atoms with E-state index in [0.29, 0.717) is 43.7 Å². The Hall–Kier alpha value is -3.28. The third-order valence-electron chi connectivity index (χ3n) is 5.51. The van der Waals surface area contributed by atoms with Crippen LogP contribution in [0.15, 0.2) is 60.9 Å². The molecule has 0 N–H and O–H groups in total. The average molecular weight is 388 g/mol. The molecule has 2 aromatic heterocycles. The molecule has 3 aromatic rings. The Kier molecular flexibility index (Phi) is 5.51. The summed E-state index contributed by atoms with van der Waals surface area (Å²) in [5, 5.41) is 4.41. The Morgan fingerprint density at radius 1 is 1.03 bits per heavy atom. The van der Waals surface area contributed by atoms with Crippen LogP contribution in [0.4, 0.5) is 0 Å². The second-order valence-electron chi connectivity index (χ2n) is 7.25. The van der Waals surface area contributed by atoms with E-state index in [1.165, 1.54) is 0 Å². The Morgan fingerprint density at radius 3 is 2.41 bits per heavy atom. The normalized spacial score (nSPS) is 14.7. The van der Waals surface area contributed by atoms with Crippen LogP contribution in [-0.2, 0) is 6.42 Å². The zero-order valence-electron chi connectivity index (χ0n) is 16.5. The first kappa shape index (κ1) is 19.1. The third-order valence-corrected chi connectivity index (χ3v) is 5.51. The second-order valence-corrected chi connectivity index (χ2v) is 7.25. The van der Waals surface area contributed by atoms with E-state index in [0.717, 1.165) is 11.3 Å². The molecule has 6 nitrogen and oxygen atoms in total. The number of aromatic nitrogens is 3. The molecule has 0 bridgehead atoms. The van der Waals surface area contributed by atoms with Gasteiger partial charge in [0.15, 0.2) is 11.6 Å². The van der Waals surface area contributed by atoms with Crippen molar-refractivity contribution in [3.05, 3.63) is 77.7 Å². The monoisotopic (exact) mass is 388 g/mol. The molecule has 4 rings (SSSR count). The van der Waals surface area contributed by atoms with E-state index in [1.54, 1.807) is 17.1 Å². The van der Waals surface area contributed by atoms with Gasteiger partial charge in [0.1, 0.15) is 0 Å². The molecule has 29 heavy (non-hydrogen) atoms. The minimum Gasteiger partial charge on any atom is -0.338 e. The Morgan fingerprint density at radius 2 is 1.76 bits per heavy atom. The van der Waals surface area contributed by atoms with Gasteiger partial charge < -0.3 is 4.90 Å². The molecular formula is C23H24N4O2. The number of ketones is 1. The maximum atomic E-state index is 13.1. The number of hydrogen-bond donors (Lipinski definition) is 0. The summed E-state index contributed by atoms with van der Waals surface area (Å²) in [6.07, 6.45) is 5.41. The molecule has 0 saturated carbocycles. The minimum atomic E-state index is -0.0247. The summed E-state index contributed by atoms with van der Waals surface area (Å²) in [6.45, 7) is 3.18. The highest BCUT2D eigenvalue weighted by molar-refractivity contribution is 5.98. The lowest BCUT2D eigenvalue weighted by atomic mass is 9.88. The Bertz CT molecular complexity index is 990. The van der Waals surface area contributed by atoms with E-state index >= 15 is 0 Å². The molecule has 0 radical (unpaired) electrons. The molecule has 1 fully saturated rings. The molecule has 1 amide bonds. The molecule has 1 saturated heterocycles. The van der Waals surface area contributed by atoms with Gasteiger partial charge in [0, 0.05) is 30.8 Å². The van der Waals surface area contributed by atoms with Crippen LogP contribution >= 0.6 is 0 Å². The molecule has 0 aliphatic carbocycles. The summed E-state index contributed by atoms with van der Waals surface area (Å²) in [5.41, 5.74) is 2.23. The van der Waals surface area contributed by atoms with Gasteiger partial charge in [-0.2, -0.15) is 5.10 Å². The lowest BCUT2D eigenvalue weighted by Crippen LogP contribution is -2.40. The Labute approximate surface area is 170 Å². The standard InChI is InChI=1S/C23H24N4O2/c1-2-20-19(16-25-27(20)21-10-6-7-13-24-21)23(29)26-14-11-18(12-15-26)22(28)17-8-4-3-5-9-17/h3-10,13,16,18H,2,11-12,14-15H2,1H3. The van der Waals surface area contributed by atoms with Crippen LogP contribution in [0.5, 0.6) is 0 Å². The van der Waals surface area contributed by atoms with Crippen molar-refractivity contribution < 1.29 is 9.59 Å². The SMILES string of the molecule is CCc1c(C(=O)N2CCC(C(=O)c3ccccc3)CC2)cnn1-c1ccccn1. The largest absolute Gasteiger partial charge is 0.338 e. The van der Waals surface area contributed by atoms with Crippen molar-refractivity contribution >= 4 is 11.7 Å². The highest BCUT2D eigenvalue weighted by Gasteiger charge is 2.30. The predicted octanol–water partition coefficient (Wildman–Crippen LogP) is 3.56. The molecule has 3 heterocycles. The van der Waals surface area contributed by atoms with Crippen molar-refractivity contribution in [2.45, 2.75) is 26.2 Å². The van der Waals surface area contributed by atoms with E-state index in [-0.39, 0.29) is 17.6 Å². The van der Waals surface area contributed by atoms with Gasteiger partial charge in [0.05, 0.1) is 17.5 Å². The van der Waals surface area contributed by atoms with Crippen LogP contribution in [0.1, 0.15) is 46.2 Å². The Balaban J connectivity index is 1.46. The number of likely N-dealkylation sites (tertiary alicyclic amines) is 1. The third kappa shape index (κ3) is 3.83. The van der Waals surface area contributed by atoms with Gasteiger partial charge in [-0.25, -0.2) is 9.67 Å². The van der Waals surface area contributed by atoms with Crippen LogP contribution in [0.2, 0.25) is 0 Å². The smallest absolute Gasteiger partial charge is 0.257 e. The first-order valence-electron chi connectivity index (χ1n) is 10.1. The van der Waals surface area contributed by atoms with Crippen molar-refractivity contribution in [3.63, 3.8) is 0 Å². The van der Waals surface area contributed by atoms with E-state index in [1.807, 2.05) is 60.4 Å². The quantitative estimate of drug-likeness (QED) is 0.627. The van der Waals surface area contributed by atoms with Crippen LogP contribution in [-0.4, -0.2) is 44.4 Å². The van der Waals surface area contributed by atoms with Gasteiger partial charge in [0.2, 0.25) is 0 Å². The fraction of sp³-hybridized carbons (Fsp3) is 0.304. The second kappa shape index (κ2) is 8.39. The van der Waals surface area contributed by atoms with Gasteiger partial charge in [-0.3, -0.25) is 9.59 Å². The topological polar surface area (TPSA) is 68.1 Å². The average Bonchev–Trinajstić information content (AvgIpc) is 3.23. The first-order valence-corrected chi connectivity index (χ1v) is 10.1. The molecule has 1 aliphatic heterocycles. The number of rotatable bonds is 5. The van der Waals surface area contributed by atoms with Gasteiger partial charge in [0.25, 0.3) is 5.91 Å². The van der Waals surface area contributed by atoms with E-state index in [4.69, 9.17) is 0 Å². The van der Waals surface area contributed by atoms with Crippen LogP contribution in [0.25, 0.3) is 5.82 Å². The van der Waals surface area contributed by atoms with E-state index in [2.05, 4.69) is 10.1 Å². The summed E-state index contributed by atoms with van der Waals surface area (Å²) < 4.78 is 1.74. The lowest BCUT2D eigenvalue weighted by Gasteiger charge is -2.31. The highest BCUT2D eigenvalue weighted by Crippen LogP contribution is 2.24. The van der Waals surface area contributed by atoms with Gasteiger partial charge in [-0.1, -0.05) is 43.3 Å². The molecule has 0 unspecified atom stereocenters. The fourth-order valence-corrected chi connectivity index (χ4v) is 3.92. The summed E-state index contributed by atoms with van der Waals surface area (Å²) in [5.74, 6) is 0.837. The number of amides is 1. The van der Waals surface area contributed by atoms with Crippen LogP contribution < -0.4 is 0 Å². The zero-order valence-corrected chi connectivity index (χ0v) is 16.5. The van der Waals surface area contributed by atoms with Crippen molar-refractivity contribution in [3.8, 4) is 5.82 Å². The lowest BCUT2D eigenvalue weighted by molar-refractivity contribution is 0.0649.